The molecule has 0 amide bonds. The summed E-state index contributed by atoms with van der Waals surface area (Å²) >= 11 is 0. The van der Waals surface area contributed by atoms with Crippen LogP contribution in [0.2, 0.25) is 0 Å². The highest BCUT2D eigenvalue weighted by molar-refractivity contribution is 5.47. The van der Waals surface area contributed by atoms with Crippen molar-refractivity contribution in [2.24, 2.45) is 5.92 Å². The van der Waals surface area contributed by atoms with Gasteiger partial charge in [0.1, 0.15) is 18.0 Å². The van der Waals surface area contributed by atoms with Crippen LogP contribution in [-0.4, -0.2) is 40.2 Å². The zero-order chi connectivity index (χ0) is 16.1. The molecule has 0 spiro atoms. The minimum atomic E-state index is 0.255. The molecule has 0 bridgehead atoms. The minimum absolute atomic E-state index is 0.255. The Kier molecular flexibility index (Phi) is 5.02. The molecule has 2 aromatic heterocycles. The zero-order valence-electron chi connectivity index (χ0n) is 13.6. The van der Waals surface area contributed by atoms with E-state index >= 15 is 0 Å². The number of nitrogens with zero attached hydrogens (tertiary/aromatic N) is 3. The van der Waals surface area contributed by atoms with Crippen molar-refractivity contribution in [2.45, 2.75) is 32.4 Å². The van der Waals surface area contributed by atoms with Crippen molar-refractivity contribution in [3.63, 3.8) is 0 Å². The summed E-state index contributed by atoms with van der Waals surface area (Å²) in [6.07, 6.45) is 6.23. The fourth-order valence-corrected chi connectivity index (χ4v) is 2.78. The monoisotopic (exact) mass is 313 g/mol. The fraction of sp³-hybridized carbons (Fsp3) is 0.471. The molecule has 1 saturated heterocycles. The summed E-state index contributed by atoms with van der Waals surface area (Å²) in [4.78, 5) is 12.6. The zero-order valence-corrected chi connectivity index (χ0v) is 13.6. The Hall–Kier alpha value is -2.21. The van der Waals surface area contributed by atoms with Gasteiger partial charge in [0.05, 0.1) is 19.3 Å². The third kappa shape index (κ3) is 4.39. The second-order valence-corrected chi connectivity index (χ2v) is 6.20. The summed E-state index contributed by atoms with van der Waals surface area (Å²) in [5, 5.41) is 6.78. The highest BCUT2D eigenvalue weighted by Crippen LogP contribution is 2.22. The van der Waals surface area contributed by atoms with Crippen LogP contribution in [0, 0.1) is 5.92 Å². The Morgan fingerprint density at radius 1 is 1.17 bits per heavy atom. The number of hydrogen-bond acceptors (Lipinski definition) is 6. The molecule has 2 N–H and O–H groups in total. The Morgan fingerprint density at radius 3 is 2.74 bits per heavy atom. The molecule has 0 saturated carbocycles. The van der Waals surface area contributed by atoms with E-state index in [2.05, 4.69) is 51.6 Å². The van der Waals surface area contributed by atoms with Gasteiger partial charge >= 0.3 is 0 Å². The first-order valence-corrected chi connectivity index (χ1v) is 8.02. The van der Waals surface area contributed by atoms with Gasteiger partial charge in [0.25, 0.3) is 0 Å². The van der Waals surface area contributed by atoms with Gasteiger partial charge in [0, 0.05) is 30.4 Å². The Balaban J connectivity index is 1.64. The number of hydrogen-bond donors (Lipinski definition) is 2. The standard InChI is InChI=1S/C17H23N5O/c1-12(2)21-16-8-17(20-11-19-16)22-15-10-23-9-14(15)7-13-3-5-18-6-4-13/h3-6,8,11-12,14-15H,7,9-10H2,1-2H3,(H2,19,20,21,22)/t14-,15+/m1/s1. The van der Waals surface area contributed by atoms with Gasteiger partial charge in [-0.25, -0.2) is 9.97 Å². The molecule has 2 atom stereocenters. The summed E-state index contributed by atoms with van der Waals surface area (Å²) < 4.78 is 5.67. The SMILES string of the molecule is CC(C)Nc1cc(N[C@H]2COC[C@H]2Cc2ccncc2)ncn1. The Morgan fingerprint density at radius 2 is 1.96 bits per heavy atom. The summed E-state index contributed by atoms with van der Waals surface area (Å²) in [6.45, 7) is 5.64. The molecule has 3 rings (SSSR count). The van der Waals surface area contributed by atoms with Gasteiger partial charge in [0.15, 0.2) is 0 Å². The van der Waals surface area contributed by atoms with Crippen LogP contribution < -0.4 is 10.6 Å². The van der Waals surface area contributed by atoms with Gasteiger partial charge in [0.2, 0.25) is 0 Å². The number of ether oxygens (including phenoxy) is 1. The average molecular weight is 313 g/mol. The van der Waals surface area contributed by atoms with Gasteiger partial charge < -0.3 is 15.4 Å². The van der Waals surface area contributed by atoms with Gasteiger partial charge in [-0.05, 0) is 38.0 Å². The van der Waals surface area contributed by atoms with Gasteiger partial charge in [-0.15, -0.1) is 0 Å². The molecule has 1 fully saturated rings. The molecular weight excluding hydrogens is 290 g/mol. The van der Waals surface area contributed by atoms with Crippen molar-refractivity contribution in [1.29, 1.82) is 0 Å². The molecule has 0 unspecified atom stereocenters. The molecule has 6 nitrogen and oxygen atoms in total. The van der Waals surface area contributed by atoms with Gasteiger partial charge in [-0.1, -0.05) is 0 Å². The van der Waals surface area contributed by atoms with Crippen LogP contribution in [0.4, 0.5) is 11.6 Å². The molecule has 122 valence electrons. The number of aromatic nitrogens is 3. The van der Waals surface area contributed by atoms with Crippen LogP contribution in [0.5, 0.6) is 0 Å². The second kappa shape index (κ2) is 7.37. The van der Waals surface area contributed by atoms with E-state index in [4.69, 9.17) is 4.74 Å². The van der Waals surface area contributed by atoms with E-state index in [1.54, 1.807) is 6.33 Å². The lowest BCUT2D eigenvalue weighted by molar-refractivity contribution is 0.185. The largest absolute Gasteiger partial charge is 0.379 e. The predicted octanol–water partition coefficient (Wildman–Crippen LogP) is 2.36. The molecule has 1 aliphatic rings. The third-order valence-electron chi connectivity index (χ3n) is 3.88. The van der Waals surface area contributed by atoms with Gasteiger partial charge in [-0.3, -0.25) is 4.98 Å². The average Bonchev–Trinajstić information content (AvgIpc) is 2.95. The molecule has 0 aliphatic carbocycles. The lowest BCUT2D eigenvalue weighted by atomic mass is 9.95. The summed E-state index contributed by atoms with van der Waals surface area (Å²) in [7, 11) is 0. The van der Waals surface area contributed by atoms with Crippen LogP contribution >= 0.6 is 0 Å². The molecule has 6 heteroatoms. The second-order valence-electron chi connectivity index (χ2n) is 6.20. The van der Waals surface area contributed by atoms with Crippen LogP contribution in [0.25, 0.3) is 0 Å². The van der Waals surface area contributed by atoms with Crippen molar-refractivity contribution in [2.75, 3.05) is 23.8 Å². The number of rotatable bonds is 6. The molecule has 0 radical (unpaired) electrons. The Bertz CT molecular complexity index is 619. The Labute approximate surface area is 136 Å². The van der Waals surface area contributed by atoms with E-state index in [1.165, 1.54) is 5.56 Å². The normalized spacial score (nSPS) is 20.7. The van der Waals surface area contributed by atoms with Crippen molar-refractivity contribution >= 4 is 11.6 Å². The van der Waals surface area contributed by atoms with Gasteiger partial charge in [-0.2, -0.15) is 0 Å². The number of anilines is 2. The highest BCUT2D eigenvalue weighted by atomic mass is 16.5. The van der Waals surface area contributed by atoms with E-state index in [1.807, 2.05) is 18.5 Å². The van der Waals surface area contributed by atoms with E-state index in [0.29, 0.717) is 18.6 Å². The van der Waals surface area contributed by atoms with Crippen LogP contribution in [0.1, 0.15) is 19.4 Å². The van der Waals surface area contributed by atoms with Crippen molar-refractivity contribution in [3.05, 3.63) is 42.5 Å². The summed E-state index contributed by atoms with van der Waals surface area (Å²) in [5.41, 5.74) is 1.28. The summed E-state index contributed by atoms with van der Waals surface area (Å²) in [5.74, 6) is 2.09. The lowest BCUT2D eigenvalue weighted by Gasteiger charge is -2.20. The molecule has 2 aromatic rings. The van der Waals surface area contributed by atoms with Crippen molar-refractivity contribution in [1.82, 2.24) is 15.0 Å². The predicted molar refractivity (Wildman–Crippen MR) is 90.5 cm³/mol. The smallest absolute Gasteiger partial charge is 0.131 e. The molecular formula is C17H23N5O. The molecule has 1 aliphatic heterocycles. The molecule has 23 heavy (non-hydrogen) atoms. The van der Waals surface area contributed by atoms with Crippen molar-refractivity contribution in [3.8, 4) is 0 Å². The molecule has 0 aromatic carbocycles. The highest BCUT2D eigenvalue weighted by Gasteiger charge is 2.28. The van der Waals surface area contributed by atoms with Crippen LogP contribution in [0.3, 0.4) is 0 Å². The van der Waals surface area contributed by atoms with E-state index in [9.17, 15) is 0 Å². The topological polar surface area (TPSA) is 72.0 Å². The maximum absolute atomic E-state index is 5.67. The van der Waals surface area contributed by atoms with E-state index in [-0.39, 0.29) is 6.04 Å². The maximum Gasteiger partial charge on any atom is 0.131 e. The molecule has 3 heterocycles. The maximum atomic E-state index is 5.67. The third-order valence-corrected chi connectivity index (χ3v) is 3.88. The van der Waals surface area contributed by atoms with Crippen LogP contribution in [-0.2, 0) is 11.2 Å². The minimum Gasteiger partial charge on any atom is -0.379 e. The van der Waals surface area contributed by atoms with Crippen molar-refractivity contribution < 1.29 is 4.74 Å². The lowest BCUT2D eigenvalue weighted by Crippen LogP contribution is -2.29. The van der Waals surface area contributed by atoms with E-state index < -0.39 is 0 Å². The first-order chi connectivity index (χ1) is 11.2. The number of pyridine rings is 1. The van der Waals surface area contributed by atoms with E-state index in [0.717, 1.165) is 24.7 Å². The quantitative estimate of drug-likeness (QED) is 0.853. The first-order valence-electron chi connectivity index (χ1n) is 8.02. The first kappa shape index (κ1) is 15.7. The van der Waals surface area contributed by atoms with Crippen LogP contribution in [0.15, 0.2) is 36.9 Å². The summed E-state index contributed by atoms with van der Waals surface area (Å²) in [6, 6.07) is 6.66. The fourth-order valence-electron chi connectivity index (χ4n) is 2.78. The number of nitrogens with one attached hydrogen (secondary N) is 2.